The molecule has 0 heterocycles. The third-order valence-corrected chi connectivity index (χ3v) is 7.75. The number of hydrogen-bond acceptors (Lipinski definition) is 2. The number of rotatable bonds is 5. The van der Waals surface area contributed by atoms with Crippen LogP contribution < -0.4 is 0 Å². The molecule has 4 heteroatoms. The molecule has 0 aromatic rings. The molecule has 3 atom stereocenters. The first-order chi connectivity index (χ1) is 7.90. The molecule has 2 saturated carbocycles. The maximum atomic E-state index is 10.5. The standard InChI is InChI=1S/C13H22O3Se/c1-12(2)9-3-5-13(12,10(14)7-9)8-17-6-4-11(15)16/h9-10,14H,3-8H2,1-2H3,(H,15,16)/t9-,10-,13-/m0/s1. The van der Waals surface area contributed by atoms with Gasteiger partial charge in [0.1, 0.15) is 0 Å². The molecule has 0 saturated heterocycles. The fourth-order valence-corrected chi connectivity index (χ4v) is 7.02. The number of aliphatic carboxylic acids is 1. The molecular formula is C13H22O3Se. The fraction of sp³-hybridized carbons (Fsp3) is 0.923. The van der Waals surface area contributed by atoms with E-state index in [9.17, 15) is 9.90 Å². The first-order valence-electron chi connectivity index (χ1n) is 6.38. The number of carboxylic acid groups (broad SMARTS) is 1. The van der Waals surface area contributed by atoms with Gasteiger partial charge in [0, 0.05) is 0 Å². The Bertz CT molecular complexity index is 316. The predicted octanol–water partition coefficient (Wildman–Crippen LogP) is 2.19. The van der Waals surface area contributed by atoms with Gasteiger partial charge in [-0.05, 0) is 0 Å². The van der Waals surface area contributed by atoms with Gasteiger partial charge in [-0.2, -0.15) is 0 Å². The summed E-state index contributed by atoms with van der Waals surface area (Å²) in [5, 5.41) is 20.8. The van der Waals surface area contributed by atoms with Gasteiger partial charge in [0.2, 0.25) is 0 Å². The van der Waals surface area contributed by atoms with Crippen molar-refractivity contribution in [2.24, 2.45) is 16.7 Å². The van der Waals surface area contributed by atoms with Gasteiger partial charge in [0.25, 0.3) is 0 Å². The van der Waals surface area contributed by atoms with Crippen molar-refractivity contribution in [3.8, 4) is 0 Å². The van der Waals surface area contributed by atoms with Gasteiger partial charge >= 0.3 is 109 Å². The van der Waals surface area contributed by atoms with Gasteiger partial charge in [0.15, 0.2) is 0 Å². The molecule has 98 valence electrons. The van der Waals surface area contributed by atoms with Crippen molar-refractivity contribution >= 4 is 20.9 Å². The predicted molar refractivity (Wildman–Crippen MR) is 67.2 cm³/mol. The van der Waals surface area contributed by atoms with Crippen molar-refractivity contribution in [2.75, 3.05) is 0 Å². The zero-order valence-electron chi connectivity index (χ0n) is 10.6. The molecule has 0 amide bonds. The molecule has 2 aliphatic carbocycles. The van der Waals surface area contributed by atoms with Crippen LogP contribution in [0.1, 0.15) is 39.5 Å². The molecule has 2 aliphatic rings. The van der Waals surface area contributed by atoms with Crippen molar-refractivity contribution in [3.05, 3.63) is 0 Å². The maximum absolute atomic E-state index is 10.5. The molecule has 2 N–H and O–H groups in total. The summed E-state index contributed by atoms with van der Waals surface area (Å²) >= 11 is 0.357. The number of aliphatic hydroxyl groups is 1. The summed E-state index contributed by atoms with van der Waals surface area (Å²) in [5.41, 5.74) is 0.341. The Labute approximate surface area is 109 Å². The molecule has 0 aromatic carbocycles. The number of hydrogen-bond donors (Lipinski definition) is 2. The molecule has 0 unspecified atom stereocenters. The Morgan fingerprint density at radius 2 is 2.18 bits per heavy atom. The van der Waals surface area contributed by atoms with Gasteiger partial charge < -0.3 is 0 Å². The third kappa shape index (κ3) is 2.05. The quantitative estimate of drug-likeness (QED) is 0.605. The Balaban J connectivity index is 1.95. The summed E-state index contributed by atoms with van der Waals surface area (Å²) < 4.78 is 0. The van der Waals surface area contributed by atoms with Crippen molar-refractivity contribution < 1.29 is 15.0 Å². The molecular weight excluding hydrogens is 283 g/mol. The molecule has 0 aliphatic heterocycles. The van der Waals surface area contributed by atoms with Crippen LogP contribution in [-0.2, 0) is 4.79 Å². The fourth-order valence-electron chi connectivity index (χ4n) is 3.79. The normalized spacial score (nSPS) is 38.5. The Morgan fingerprint density at radius 3 is 2.65 bits per heavy atom. The topological polar surface area (TPSA) is 57.5 Å². The average Bonchev–Trinajstić information content (AvgIpc) is 2.58. The minimum absolute atomic E-state index is 0.0934. The zero-order chi connectivity index (χ0) is 12.7. The molecule has 17 heavy (non-hydrogen) atoms. The van der Waals surface area contributed by atoms with Crippen LogP contribution >= 0.6 is 0 Å². The van der Waals surface area contributed by atoms with E-state index in [4.69, 9.17) is 5.11 Å². The molecule has 0 spiro atoms. The first kappa shape index (κ1) is 13.4. The average molecular weight is 305 g/mol. The van der Waals surface area contributed by atoms with Crippen molar-refractivity contribution in [2.45, 2.75) is 56.3 Å². The molecule has 0 radical (unpaired) electrons. The van der Waals surface area contributed by atoms with Crippen LogP contribution in [0.3, 0.4) is 0 Å². The van der Waals surface area contributed by atoms with Crippen LogP contribution in [0.4, 0.5) is 0 Å². The van der Waals surface area contributed by atoms with Crippen molar-refractivity contribution in [1.82, 2.24) is 0 Å². The molecule has 0 aromatic heterocycles. The van der Waals surface area contributed by atoms with E-state index in [1.165, 1.54) is 6.42 Å². The third-order valence-electron chi connectivity index (χ3n) is 5.21. The van der Waals surface area contributed by atoms with Gasteiger partial charge in [-0.25, -0.2) is 0 Å². The summed E-state index contributed by atoms with van der Waals surface area (Å²) in [6, 6.07) is 0. The van der Waals surface area contributed by atoms with E-state index in [-0.39, 0.29) is 23.4 Å². The van der Waals surface area contributed by atoms with Crippen LogP contribution in [0.2, 0.25) is 10.6 Å². The van der Waals surface area contributed by atoms with Crippen LogP contribution in [0.15, 0.2) is 0 Å². The summed E-state index contributed by atoms with van der Waals surface area (Å²) in [6.07, 6.45) is 3.49. The second-order valence-corrected chi connectivity index (χ2v) is 8.38. The van der Waals surface area contributed by atoms with Crippen molar-refractivity contribution in [1.29, 1.82) is 0 Å². The number of carbonyl (C=O) groups is 1. The van der Waals surface area contributed by atoms with E-state index in [2.05, 4.69) is 13.8 Å². The molecule has 2 rings (SSSR count). The van der Waals surface area contributed by atoms with Gasteiger partial charge in [-0.3, -0.25) is 0 Å². The Hall–Kier alpha value is -0.0505. The number of fused-ring (bicyclic) bond motifs is 2. The van der Waals surface area contributed by atoms with E-state index in [0.717, 1.165) is 23.5 Å². The van der Waals surface area contributed by atoms with Crippen LogP contribution in [0.25, 0.3) is 0 Å². The Morgan fingerprint density at radius 1 is 1.47 bits per heavy atom. The summed E-state index contributed by atoms with van der Waals surface area (Å²) in [5.74, 6) is -0.0207. The van der Waals surface area contributed by atoms with E-state index < -0.39 is 5.97 Å². The van der Waals surface area contributed by atoms with Gasteiger partial charge in [-0.1, -0.05) is 0 Å². The van der Waals surface area contributed by atoms with Crippen LogP contribution in [0.5, 0.6) is 0 Å². The van der Waals surface area contributed by atoms with E-state index >= 15 is 0 Å². The summed E-state index contributed by atoms with van der Waals surface area (Å²) in [4.78, 5) is 10.5. The van der Waals surface area contributed by atoms with Crippen LogP contribution in [0, 0.1) is 16.7 Å². The zero-order valence-corrected chi connectivity index (χ0v) is 12.3. The SMILES string of the molecule is CC1(C)[C@H]2CC[C@]1(C[Se]CCC(=O)O)[C@@H](O)C2. The summed E-state index contributed by atoms with van der Waals surface area (Å²) in [6.45, 7) is 4.60. The number of carboxylic acids is 1. The van der Waals surface area contributed by atoms with Gasteiger partial charge in [-0.15, -0.1) is 0 Å². The van der Waals surface area contributed by atoms with Gasteiger partial charge in [0.05, 0.1) is 0 Å². The second-order valence-electron chi connectivity index (χ2n) is 6.06. The minimum atomic E-state index is -0.695. The molecule has 2 bridgehead atoms. The van der Waals surface area contributed by atoms with E-state index in [0.29, 0.717) is 20.9 Å². The number of aliphatic hydroxyl groups excluding tert-OH is 1. The monoisotopic (exact) mass is 306 g/mol. The Kier molecular flexibility index (Phi) is 3.59. The first-order valence-corrected chi connectivity index (χ1v) is 8.80. The van der Waals surface area contributed by atoms with E-state index in [1.807, 2.05) is 0 Å². The van der Waals surface area contributed by atoms with Crippen molar-refractivity contribution in [3.63, 3.8) is 0 Å². The van der Waals surface area contributed by atoms with Crippen LogP contribution in [-0.4, -0.2) is 37.2 Å². The molecule has 2 fully saturated rings. The van der Waals surface area contributed by atoms with E-state index in [1.54, 1.807) is 0 Å². The summed E-state index contributed by atoms with van der Waals surface area (Å²) in [7, 11) is 0. The molecule has 3 nitrogen and oxygen atoms in total. The second kappa shape index (κ2) is 4.56.